The number of rotatable bonds is 12. The van der Waals surface area contributed by atoms with Gasteiger partial charge in [0.05, 0.1) is 19.8 Å². The Kier molecular flexibility index (Phi) is 11.7. The standard InChI is InChI=1S/C23H40N4O2/c1-4-24-23(25-12-5-15-29-17-16-28-3)26-18-21-6-8-22(9-7-21)19-27-13-10-20(2)11-14-27/h6-9,20H,4-5,10-19H2,1-3H3,(H2,24,25,26). The van der Waals surface area contributed by atoms with Gasteiger partial charge in [-0.05, 0) is 56.3 Å². The zero-order valence-electron chi connectivity index (χ0n) is 18.6. The van der Waals surface area contributed by atoms with Crippen molar-refractivity contribution in [3.8, 4) is 0 Å². The second kappa shape index (κ2) is 14.4. The van der Waals surface area contributed by atoms with E-state index in [1.807, 2.05) is 0 Å². The van der Waals surface area contributed by atoms with Gasteiger partial charge in [0.2, 0.25) is 0 Å². The first-order valence-corrected chi connectivity index (χ1v) is 11.1. The molecule has 1 fully saturated rings. The number of likely N-dealkylation sites (tertiary alicyclic amines) is 1. The fourth-order valence-electron chi connectivity index (χ4n) is 3.37. The van der Waals surface area contributed by atoms with E-state index in [0.717, 1.165) is 44.5 Å². The Morgan fingerprint density at radius 3 is 2.48 bits per heavy atom. The van der Waals surface area contributed by atoms with E-state index >= 15 is 0 Å². The predicted octanol–water partition coefficient (Wildman–Crippen LogP) is 3.03. The first-order chi connectivity index (χ1) is 14.2. The molecule has 0 bridgehead atoms. The number of aliphatic imine (C=N–C) groups is 1. The van der Waals surface area contributed by atoms with E-state index < -0.39 is 0 Å². The van der Waals surface area contributed by atoms with Crippen molar-refractivity contribution in [1.82, 2.24) is 15.5 Å². The third-order valence-corrected chi connectivity index (χ3v) is 5.26. The lowest BCUT2D eigenvalue weighted by atomic mass is 9.99. The molecule has 164 valence electrons. The zero-order valence-corrected chi connectivity index (χ0v) is 18.6. The van der Waals surface area contributed by atoms with E-state index in [1.165, 1.54) is 37.1 Å². The smallest absolute Gasteiger partial charge is 0.191 e. The normalized spacial score (nSPS) is 16.2. The molecule has 1 aromatic carbocycles. The molecular formula is C23H40N4O2. The van der Waals surface area contributed by atoms with Crippen molar-refractivity contribution >= 4 is 5.96 Å². The van der Waals surface area contributed by atoms with Gasteiger partial charge in [0.1, 0.15) is 0 Å². The first-order valence-electron chi connectivity index (χ1n) is 11.1. The molecular weight excluding hydrogens is 364 g/mol. The third-order valence-electron chi connectivity index (χ3n) is 5.26. The van der Waals surface area contributed by atoms with Crippen LogP contribution in [0.3, 0.4) is 0 Å². The fourth-order valence-corrected chi connectivity index (χ4v) is 3.37. The van der Waals surface area contributed by atoms with Crippen molar-refractivity contribution in [2.24, 2.45) is 10.9 Å². The molecule has 6 heteroatoms. The second-order valence-corrected chi connectivity index (χ2v) is 7.86. The molecule has 0 atom stereocenters. The Labute approximate surface area is 177 Å². The van der Waals surface area contributed by atoms with Gasteiger partial charge in [-0.3, -0.25) is 4.90 Å². The minimum Gasteiger partial charge on any atom is -0.382 e. The van der Waals surface area contributed by atoms with E-state index in [4.69, 9.17) is 14.5 Å². The molecule has 1 aromatic rings. The molecule has 2 N–H and O–H groups in total. The maximum absolute atomic E-state index is 5.49. The average molecular weight is 405 g/mol. The highest BCUT2D eigenvalue weighted by molar-refractivity contribution is 5.79. The molecule has 0 amide bonds. The maximum Gasteiger partial charge on any atom is 0.191 e. The highest BCUT2D eigenvalue weighted by atomic mass is 16.5. The minimum absolute atomic E-state index is 0.646. The van der Waals surface area contributed by atoms with E-state index in [1.54, 1.807) is 7.11 Å². The zero-order chi connectivity index (χ0) is 20.7. The summed E-state index contributed by atoms with van der Waals surface area (Å²) in [6, 6.07) is 8.92. The lowest BCUT2D eigenvalue weighted by molar-refractivity contribution is 0.0698. The molecule has 0 radical (unpaired) electrons. The van der Waals surface area contributed by atoms with Crippen molar-refractivity contribution < 1.29 is 9.47 Å². The third kappa shape index (κ3) is 10.1. The summed E-state index contributed by atoms with van der Waals surface area (Å²) >= 11 is 0. The highest BCUT2D eigenvalue weighted by Gasteiger charge is 2.15. The number of guanidine groups is 1. The molecule has 29 heavy (non-hydrogen) atoms. The summed E-state index contributed by atoms with van der Waals surface area (Å²) in [5.74, 6) is 1.74. The Balaban J connectivity index is 1.72. The molecule has 1 aliphatic heterocycles. The Hall–Kier alpha value is -1.63. The van der Waals surface area contributed by atoms with Gasteiger partial charge in [-0.25, -0.2) is 4.99 Å². The van der Waals surface area contributed by atoms with Crippen LogP contribution in [-0.4, -0.2) is 64.0 Å². The molecule has 0 aromatic heterocycles. The predicted molar refractivity (Wildman–Crippen MR) is 120 cm³/mol. The minimum atomic E-state index is 0.646. The highest BCUT2D eigenvalue weighted by Crippen LogP contribution is 2.18. The number of ether oxygens (including phenoxy) is 2. The number of nitrogens with one attached hydrogen (secondary N) is 2. The van der Waals surface area contributed by atoms with E-state index in [2.05, 4.69) is 53.6 Å². The molecule has 1 saturated heterocycles. The van der Waals surface area contributed by atoms with Gasteiger partial charge < -0.3 is 20.1 Å². The lowest BCUT2D eigenvalue weighted by Crippen LogP contribution is -2.38. The van der Waals surface area contributed by atoms with Crippen molar-refractivity contribution in [2.45, 2.75) is 46.2 Å². The number of methoxy groups -OCH3 is 1. The van der Waals surface area contributed by atoms with Crippen LogP contribution in [0.5, 0.6) is 0 Å². The summed E-state index contributed by atoms with van der Waals surface area (Å²) in [4.78, 5) is 7.28. The largest absolute Gasteiger partial charge is 0.382 e. The maximum atomic E-state index is 5.49. The van der Waals surface area contributed by atoms with Gasteiger partial charge in [0.25, 0.3) is 0 Å². The summed E-state index contributed by atoms with van der Waals surface area (Å²) in [5, 5.41) is 6.68. The van der Waals surface area contributed by atoms with Gasteiger partial charge >= 0.3 is 0 Å². The van der Waals surface area contributed by atoms with Crippen molar-refractivity contribution in [2.75, 3.05) is 53.1 Å². The van der Waals surface area contributed by atoms with Crippen molar-refractivity contribution in [1.29, 1.82) is 0 Å². The topological polar surface area (TPSA) is 58.1 Å². The molecule has 0 saturated carbocycles. The molecule has 0 unspecified atom stereocenters. The number of hydrogen-bond donors (Lipinski definition) is 2. The summed E-state index contributed by atoms with van der Waals surface area (Å²) < 4.78 is 10.5. The van der Waals surface area contributed by atoms with Crippen LogP contribution in [0.1, 0.15) is 44.2 Å². The van der Waals surface area contributed by atoms with Crippen LogP contribution in [0.15, 0.2) is 29.3 Å². The molecule has 1 aliphatic rings. The van der Waals surface area contributed by atoms with E-state index in [0.29, 0.717) is 19.8 Å². The van der Waals surface area contributed by atoms with Gasteiger partial charge in [-0.1, -0.05) is 31.2 Å². The van der Waals surface area contributed by atoms with Gasteiger partial charge in [-0.2, -0.15) is 0 Å². The van der Waals surface area contributed by atoms with E-state index in [-0.39, 0.29) is 0 Å². The number of hydrogen-bond acceptors (Lipinski definition) is 4. The van der Waals surface area contributed by atoms with Crippen LogP contribution in [0.4, 0.5) is 0 Å². The molecule has 1 heterocycles. The Bertz CT molecular complexity index is 569. The van der Waals surface area contributed by atoms with Crippen molar-refractivity contribution in [3.63, 3.8) is 0 Å². The first kappa shape index (κ1) is 23.6. The monoisotopic (exact) mass is 404 g/mol. The van der Waals surface area contributed by atoms with Crippen LogP contribution < -0.4 is 10.6 Å². The van der Waals surface area contributed by atoms with Gasteiger partial charge in [0, 0.05) is 33.4 Å². The van der Waals surface area contributed by atoms with Crippen LogP contribution in [0.2, 0.25) is 0 Å². The summed E-state index contributed by atoms with van der Waals surface area (Å²) in [6.45, 7) is 12.4. The fraction of sp³-hybridized carbons (Fsp3) is 0.696. The average Bonchev–Trinajstić information content (AvgIpc) is 2.74. The van der Waals surface area contributed by atoms with Crippen molar-refractivity contribution in [3.05, 3.63) is 35.4 Å². The van der Waals surface area contributed by atoms with Crippen LogP contribution >= 0.6 is 0 Å². The molecule has 0 spiro atoms. The SMILES string of the molecule is CCNC(=NCc1ccc(CN2CCC(C)CC2)cc1)NCCCOCCOC. The van der Waals surface area contributed by atoms with Gasteiger partial charge in [0.15, 0.2) is 5.96 Å². The molecule has 6 nitrogen and oxygen atoms in total. The van der Waals surface area contributed by atoms with Crippen LogP contribution in [-0.2, 0) is 22.6 Å². The van der Waals surface area contributed by atoms with Gasteiger partial charge in [-0.15, -0.1) is 0 Å². The Morgan fingerprint density at radius 1 is 1.07 bits per heavy atom. The second-order valence-electron chi connectivity index (χ2n) is 7.86. The van der Waals surface area contributed by atoms with Crippen LogP contribution in [0, 0.1) is 5.92 Å². The number of nitrogens with zero attached hydrogens (tertiary/aromatic N) is 2. The Morgan fingerprint density at radius 2 is 1.79 bits per heavy atom. The molecule has 2 rings (SSSR count). The quantitative estimate of drug-likeness (QED) is 0.319. The number of benzene rings is 1. The van der Waals surface area contributed by atoms with Crippen LogP contribution in [0.25, 0.3) is 0 Å². The summed E-state index contributed by atoms with van der Waals surface area (Å²) in [6.07, 6.45) is 3.59. The van der Waals surface area contributed by atoms with E-state index in [9.17, 15) is 0 Å². The number of piperidine rings is 1. The summed E-state index contributed by atoms with van der Waals surface area (Å²) in [5.41, 5.74) is 2.63. The molecule has 0 aliphatic carbocycles. The lowest BCUT2D eigenvalue weighted by Gasteiger charge is -2.30. The summed E-state index contributed by atoms with van der Waals surface area (Å²) in [7, 11) is 1.69.